The van der Waals surface area contributed by atoms with Crippen LogP contribution in [0.1, 0.15) is 88.2 Å². The number of benzene rings is 2. The molecule has 0 spiro atoms. The molecule has 5 rings (SSSR count). The quantitative estimate of drug-likeness (QED) is 0.325. The maximum absolute atomic E-state index is 14.6. The van der Waals surface area contributed by atoms with E-state index in [2.05, 4.69) is 51.8 Å². The number of ether oxygens (including phenoxy) is 1. The Bertz CT molecular complexity index is 1390. The molecule has 214 valence electrons. The summed E-state index contributed by atoms with van der Waals surface area (Å²) in [5.74, 6) is 0.728. The Labute approximate surface area is 243 Å². The molecule has 2 heterocycles. The van der Waals surface area contributed by atoms with E-state index in [9.17, 15) is 14.0 Å². The van der Waals surface area contributed by atoms with Crippen molar-refractivity contribution in [3.63, 3.8) is 0 Å². The van der Waals surface area contributed by atoms with Gasteiger partial charge in [0.25, 0.3) is 5.91 Å². The lowest BCUT2D eigenvalue weighted by Crippen LogP contribution is -2.41. The van der Waals surface area contributed by atoms with Gasteiger partial charge in [0.05, 0.1) is 16.6 Å². The van der Waals surface area contributed by atoms with E-state index in [1.807, 2.05) is 26.8 Å². The third-order valence-electron chi connectivity index (χ3n) is 8.37. The lowest BCUT2D eigenvalue weighted by atomic mass is 9.89. The first kappa shape index (κ1) is 28.6. The van der Waals surface area contributed by atoms with Gasteiger partial charge in [0, 0.05) is 23.6 Å². The number of imidazole rings is 1. The van der Waals surface area contributed by atoms with Gasteiger partial charge in [0.1, 0.15) is 11.4 Å². The van der Waals surface area contributed by atoms with Crippen LogP contribution in [0.2, 0.25) is 0 Å². The van der Waals surface area contributed by atoms with Crippen molar-refractivity contribution in [3.8, 4) is 0 Å². The molecule has 2 aliphatic rings. The summed E-state index contributed by atoms with van der Waals surface area (Å²) < 4.78 is 22.7. The molecule has 9 heteroatoms. The van der Waals surface area contributed by atoms with E-state index in [0.717, 1.165) is 36.7 Å². The number of rotatable bonds is 4. The molecule has 2 atom stereocenters. The van der Waals surface area contributed by atoms with Crippen LogP contribution < -0.4 is 5.32 Å². The summed E-state index contributed by atoms with van der Waals surface area (Å²) in [6, 6.07) is 11.0. The first-order chi connectivity index (χ1) is 18.9. The molecular formula is C31H38BrFN4O3. The second kappa shape index (κ2) is 11.1. The van der Waals surface area contributed by atoms with Gasteiger partial charge in [-0.2, -0.15) is 0 Å². The zero-order valence-corrected chi connectivity index (χ0v) is 25.4. The topological polar surface area (TPSA) is 76.5 Å². The number of anilines is 1. The van der Waals surface area contributed by atoms with Gasteiger partial charge in [-0.15, -0.1) is 0 Å². The van der Waals surface area contributed by atoms with Gasteiger partial charge in [-0.3, -0.25) is 10.1 Å². The van der Waals surface area contributed by atoms with Crippen LogP contribution in [-0.2, 0) is 4.74 Å². The highest BCUT2D eigenvalue weighted by molar-refractivity contribution is 9.10. The van der Waals surface area contributed by atoms with Crippen molar-refractivity contribution in [1.29, 1.82) is 0 Å². The standard InChI is InChI=1S/C31H38BrFN4O3/c1-18-15-22(16-19(18)2)37-26-17-21(20-11-13-36(14-12-20)30(39)40-31(3,4)5)9-10-25(26)34-29(37)35-28(38)27-23(32)7-6-8-24(27)33/h6-10,17-20,22H,11-16H2,1-5H3,(H,34,35,38)/t18-,19-/m0/s1. The molecule has 3 aromatic rings. The molecule has 0 unspecified atom stereocenters. The van der Waals surface area contributed by atoms with Gasteiger partial charge in [-0.1, -0.05) is 26.0 Å². The molecule has 2 fully saturated rings. The van der Waals surface area contributed by atoms with Crippen molar-refractivity contribution < 1.29 is 18.7 Å². The first-order valence-electron chi connectivity index (χ1n) is 14.2. The number of halogens is 2. The highest BCUT2D eigenvalue weighted by Gasteiger charge is 2.33. The first-order valence-corrected chi connectivity index (χ1v) is 15.0. The van der Waals surface area contributed by atoms with Crippen molar-refractivity contribution in [2.45, 2.75) is 77.9 Å². The van der Waals surface area contributed by atoms with Crippen molar-refractivity contribution in [2.24, 2.45) is 11.8 Å². The molecule has 1 aliphatic heterocycles. The molecule has 1 aromatic heterocycles. The van der Waals surface area contributed by atoms with Crippen molar-refractivity contribution in [3.05, 3.63) is 57.8 Å². The smallest absolute Gasteiger partial charge is 0.410 e. The van der Waals surface area contributed by atoms with Crippen LogP contribution in [0.3, 0.4) is 0 Å². The number of nitrogens with one attached hydrogen (secondary N) is 1. The zero-order chi connectivity index (χ0) is 28.8. The molecule has 40 heavy (non-hydrogen) atoms. The molecule has 2 aromatic carbocycles. The Hall–Kier alpha value is -2.94. The molecular weight excluding hydrogens is 575 g/mol. The molecule has 0 radical (unpaired) electrons. The van der Waals surface area contributed by atoms with Crippen LogP contribution >= 0.6 is 15.9 Å². The second-order valence-corrected chi connectivity index (χ2v) is 13.3. The summed E-state index contributed by atoms with van der Waals surface area (Å²) in [6.07, 6.45) is 3.41. The monoisotopic (exact) mass is 612 g/mol. The van der Waals surface area contributed by atoms with Crippen LogP contribution in [0, 0.1) is 17.7 Å². The van der Waals surface area contributed by atoms with Gasteiger partial charge in [-0.25, -0.2) is 14.2 Å². The van der Waals surface area contributed by atoms with E-state index in [4.69, 9.17) is 9.72 Å². The number of amides is 2. The molecule has 1 N–H and O–H groups in total. The summed E-state index contributed by atoms with van der Waals surface area (Å²) in [6.45, 7) is 11.5. The number of piperidine rings is 1. The minimum absolute atomic E-state index is 0.0355. The predicted molar refractivity (Wildman–Crippen MR) is 158 cm³/mol. The van der Waals surface area contributed by atoms with Crippen molar-refractivity contribution in [2.75, 3.05) is 18.4 Å². The second-order valence-electron chi connectivity index (χ2n) is 12.4. The maximum atomic E-state index is 14.6. The fourth-order valence-corrected chi connectivity index (χ4v) is 6.57. The highest BCUT2D eigenvalue weighted by atomic mass is 79.9. The summed E-state index contributed by atoms with van der Waals surface area (Å²) in [5, 5.41) is 2.93. The van der Waals surface area contributed by atoms with E-state index in [1.165, 1.54) is 11.6 Å². The maximum Gasteiger partial charge on any atom is 0.410 e. The Kier molecular flexibility index (Phi) is 7.97. The van der Waals surface area contributed by atoms with Gasteiger partial charge in [-0.05, 0) is 110 Å². The average Bonchev–Trinajstić information content (AvgIpc) is 3.40. The Morgan fingerprint density at radius 2 is 1.75 bits per heavy atom. The average molecular weight is 614 g/mol. The largest absolute Gasteiger partial charge is 0.444 e. The van der Waals surface area contributed by atoms with Crippen LogP contribution in [0.4, 0.5) is 15.1 Å². The van der Waals surface area contributed by atoms with E-state index in [1.54, 1.807) is 17.0 Å². The molecule has 1 saturated carbocycles. The summed E-state index contributed by atoms with van der Waals surface area (Å²) in [7, 11) is 0. The number of hydrogen-bond acceptors (Lipinski definition) is 4. The number of aromatic nitrogens is 2. The van der Waals surface area contributed by atoms with Crippen LogP contribution in [0.15, 0.2) is 40.9 Å². The number of carbonyl (C=O) groups excluding carboxylic acids is 2. The number of fused-ring (bicyclic) bond motifs is 1. The van der Waals surface area contributed by atoms with Crippen molar-refractivity contribution in [1.82, 2.24) is 14.5 Å². The minimum Gasteiger partial charge on any atom is -0.444 e. The Morgan fingerprint density at radius 1 is 1.07 bits per heavy atom. The molecule has 1 saturated heterocycles. The van der Waals surface area contributed by atoms with Crippen LogP contribution in [-0.4, -0.2) is 45.1 Å². The number of hydrogen-bond donors (Lipinski definition) is 1. The molecule has 0 bridgehead atoms. The third-order valence-corrected chi connectivity index (χ3v) is 9.03. The highest BCUT2D eigenvalue weighted by Crippen LogP contribution is 2.43. The Balaban J connectivity index is 1.44. The fourth-order valence-electron chi connectivity index (χ4n) is 6.05. The lowest BCUT2D eigenvalue weighted by Gasteiger charge is -2.33. The molecule has 2 amide bonds. The fraction of sp³-hybridized carbons (Fsp3) is 0.516. The van der Waals surface area contributed by atoms with E-state index >= 15 is 0 Å². The minimum atomic E-state index is -0.586. The van der Waals surface area contributed by atoms with E-state index in [0.29, 0.717) is 41.3 Å². The van der Waals surface area contributed by atoms with Crippen molar-refractivity contribution >= 4 is 44.9 Å². The zero-order valence-electron chi connectivity index (χ0n) is 23.8. The molecule has 7 nitrogen and oxygen atoms in total. The summed E-state index contributed by atoms with van der Waals surface area (Å²) >= 11 is 3.32. The van der Waals surface area contributed by atoms with Crippen LogP contribution in [0.25, 0.3) is 11.0 Å². The lowest BCUT2D eigenvalue weighted by molar-refractivity contribution is 0.0204. The van der Waals surface area contributed by atoms with Gasteiger partial charge >= 0.3 is 6.09 Å². The Morgan fingerprint density at radius 3 is 2.38 bits per heavy atom. The third kappa shape index (κ3) is 5.90. The number of nitrogens with zero attached hydrogens (tertiary/aromatic N) is 3. The number of likely N-dealkylation sites (tertiary alicyclic amines) is 1. The normalized spacial score (nSPS) is 20.7. The van der Waals surface area contributed by atoms with Gasteiger partial charge in [0.2, 0.25) is 5.95 Å². The van der Waals surface area contributed by atoms with Gasteiger partial charge in [0.15, 0.2) is 0 Å². The summed E-state index contributed by atoms with van der Waals surface area (Å²) in [4.78, 5) is 32.4. The molecule has 1 aliphatic carbocycles. The van der Waals surface area contributed by atoms with E-state index < -0.39 is 17.3 Å². The SMILES string of the molecule is C[C@H]1CC(n2c(NC(=O)c3c(F)cccc3Br)nc3ccc(C4CCN(C(=O)OC(C)(C)C)CC4)cc32)C[C@@H]1C. The van der Waals surface area contributed by atoms with Gasteiger partial charge < -0.3 is 14.2 Å². The number of carbonyl (C=O) groups is 2. The summed E-state index contributed by atoms with van der Waals surface area (Å²) in [5.41, 5.74) is 2.42. The van der Waals surface area contributed by atoms with Crippen LogP contribution in [0.5, 0.6) is 0 Å². The van der Waals surface area contributed by atoms with E-state index in [-0.39, 0.29) is 17.7 Å². The predicted octanol–water partition coefficient (Wildman–Crippen LogP) is 7.91.